The maximum Gasteiger partial charge on any atom is 0.0948 e. The third kappa shape index (κ3) is 1.95. The molecule has 1 aliphatic heterocycles. The molecule has 0 aromatic carbocycles. The summed E-state index contributed by atoms with van der Waals surface area (Å²) in [5.41, 5.74) is 2.19. The minimum Gasteiger partial charge on any atom is -0.389 e. The molecule has 2 atom stereocenters. The fourth-order valence-corrected chi connectivity index (χ4v) is 1.53. The zero-order valence-corrected chi connectivity index (χ0v) is 8.16. The molecular formula is C9H15N3O2. The number of aromatic amines is 1. The second-order valence-electron chi connectivity index (χ2n) is 3.61. The highest BCUT2D eigenvalue weighted by Gasteiger charge is 2.25. The van der Waals surface area contributed by atoms with E-state index in [4.69, 9.17) is 4.74 Å². The van der Waals surface area contributed by atoms with E-state index in [1.165, 1.54) is 0 Å². The number of nitrogens with one attached hydrogen (secondary N) is 2. The number of nitrogens with zero attached hydrogens (tertiary/aromatic N) is 1. The molecule has 0 amide bonds. The lowest BCUT2D eigenvalue weighted by Crippen LogP contribution is -2.38. The summed E-state index contributed by atoms with van der Waals surface area (Å²) in [5, 5.41) is 19.5. The fourth-order valence-electron chi connectivity index (χ4n) is 1.53. The first kappa shape index (κ1) is 9.64. The van der Waals surface area contributed by atoms with Gasteiger partial charge in [0.2, 0.25) is 0 Å². The van der Waals surface area contributed by atoms with Crippen LogP contribution in [0.4, 0.5) is 0 Å². The Bertz CT molecular complexity index is 300. The summed E-state index contributed by atoms with van der Waals surface area (Å²) in [6.07, 6.45) is 1.41. The van der Waals surface area contributed by atoms with Gasteiger partial charge in [-0.2, -0.15) is 5.10 Å². The number of aromatic nitrogens is 2. The van der Waals surface area contributed by atoms with Crippen LogP contribution in [0, 0.1) is 6.92 Å². The van der Waals surface area contributed by atoms with Crippen molar-refractivity contribution < 1.29 is 9.84 Å². The Morgan fingerprint density at radius 3 is 3.14 bits per heavy atom. The predicted molar refractivity (Wildman–Crippen MR) is 50.8 cm³/mol. The monoisotopic (exact) mass is 197 g/mol. The Hall–Kier alpha value is -0.910. The molecule has 14 heavy (non-hydrogen) atoms. The third-order valence-electron chi connectivity index (χ3n) is 2.54. The number of aliphatic hydroxyl groups excluding tert-OH is 1. The predicted octanol–water partition coefficient (Wildman–Crippen LogP) is -0.433. The van der Waals surface area contributed by atoms with Crippen molar-refractivity contribution in [3.63, 3.8) is 0 Å². The number of ether oxygens (including phenoxy) is 1. The van der Waals surface area contributed by atoms with Crippen molar-refractivity contribution in [1.82, 2.24) is 15.5 Å². The maximum absolute atomic E-state index is 9.48. The van der Waals surface area contributed by atoms with Crippen LogP contribution in [0.1, 0.15) is 11.3 Å². The van der Waals surface area contributed by atoms with Crippen LogP contribution in [0.15, 0.2) is 6.20 Å². The normalized spacial score (nSPS) is 27.0. The Labute approximate surface area is 82.5 Å². The summed E-state index contributed by atoms with van der Waals surface area (Å²) in [4.78, 5) is 0. The number of H-pyrrole nitrogens is 1. The summed E-state index contributed by atoms with van der Waals surface area (Å²) in [7, 11) is 0. The lowest BCUT2D eigenvalue weighted by atomic mass is 10.2. The van der Waals surface area contributed by atoms with Crippen molar-refractivity contribution in [3.8, 4) is 0 Å². The molecule has 0 radical (unpaired) electrons. The molecule has 1 aliphatic rings. The molecule has 3 N–H and O–H groups in total. The highest BCUT2D eigenvalue weighted by atomic mass is 16.5. The van der Waals surface area contributed by atoms with Gasteiger partial charge in [-0.15, -0.1) is 0 Å². The van der Waals surface area contributed by atoms with Crippen LogP contribution in [-0.2, 0) is 11.3 Å². The molecule has 1 saturated heterocycles. The SMILES string of the molecule is Cc1[nH]ncc1CN[C@@H]1COC[C@H]1O. The van der Waals surface area contributed by atoms with Gasteiger partial charge in [-0.05, 0) is 6.92 Å². The van der Waals surface area contributed by atoms with Crippen molar-refractivity contribution in [2.45, 2.75) is 25.6 Å². The van der Waals surface area contributed by atoms with Gasteiger partial charge in [-0.25, -0.2) is 0 Å². The van der Waals surface area contributed by atoms with E-state index in [1.807, 2.05) is 6.92 Å². The molecule has 2 rings (SSSR count). The Balaban J connectivity index is 1.85. The van der Waals surface area contributed by atoms with Gasteiger partial charge in [0.15, 0.2) is 0 Å². The molecule has 0 bridgehead atoms. The zero-order valence-electron chi connectivity index (χ0n) is 8.16. The highest BCUT2D eigenvalue weighted by molar-refractivity contribution is 5.14. The molecule has 5 heteroatoms. The minimum absolute atomic E-state index is 0.0456. The molecule has 78 valence electrons. The molecular weight excluding hydrogens is 182 g/mol. The minimum atomic E-state index is -0.387. The Kier molecular flexibility index (Phi) is 2.81. The van der Waals surface area contributed by atoms with Gasteiger partial charge >= 0.3 is 0 Å². The Morgan fingerprint density at radius 1 is 1.71 bits per heavy atom. The number of hydrogen-bond acceptors (Lipinski definition) is 4. The second kappa shape index (κ2) is 4.08. The molecule has 1 fully saturated rings. The Morgan fingerprint density at radius 2 is 2.57 bits per heavy atom. The van der Waals surface area contributed by atoms with E-state index in [0.717, 1.165) is 11.3 Å². The molecule has 1 aromatic heterocycles. The highest BCUT2D eigenvalue weighted by Crippen LogP contribution is 2.07. The van der Waals surface area contributed by atoms with Crippen molar-refractivity contribution in [3.05, 3.63) is 17.5 Å². The van der Waals surface area contributed by atoms with E-state index in [-0.39, 0.29) is 12.1 Å². The van der Waals surface area contributed by atoms with Crippen molar-refractivity contribution >= 4 is 0 Å². The quantitative estimate of drug-likeness (QED) is 0.615. The van der Waals surface area contributed by atoms with Gasteiger partial charge in [0.25, 0.3) is 0 Å². The van der Waals surface area contributed by atoms with Gasteiger partial charge in [0.05, 0.1) is 31.6 Å². The fraction of sp³-hybridized carbons (Fsp3) is 0.667. The number of rotatable bonds is 3. The van der Waals surface area contributed by atoms with E-state index in [2.05, 4.69) is 15.5 Å². The number of hydrogen-bond donors (Lipinski definition) is 3. The first-order valence-corrected chi connectivity index (χ1v) is 4.75. The third-order valence-corrected chi connectivity index (χ3v) is 2.54. The summed E-state index contributed by atoms with van der Waals surface area (Å²) in [6.45, 7) is 3.71. The zero-order chi connectivity index (χ0) is 9.97. The van der Waals surface area contributed by atoms with Crippen molar-refractivity contribution in [2.75, 3.05) is 13.2 Å². The average molecular weight is 197 g/mol. The summed E-state index contributed by atoms with van der Waals surface area (Å²) in [5.74, 6) is 0. The molecule has 5 nitrogen and oxygen atoms in total. The first-order chi connectivity index (χ1) is 6.77. The molecule has 0 spiro atoms. The molecule has 2 heterocycles. The van der Waals surface area contributed by atoms with Crippen LogP contribution in [-0.4, -0.2) is 40.7 Å². The van der Waals surface area contributed by atoms with Gasteiger partial charge in [0, 0.05) is 17.8 Å². The topological polar surface area (TPSA) is 70.2 Å². The van der Waals surface area contributed by atoms with E-state index in [0.29, 0.717) is 19.8 Å². The summed E-state index contributed by atoms with van der Waals surface area (Å²) in [6, 6.07) is 0.0456. The van der Waals surface area contributed by atoms with E-state index < -0.39 is 0 Å². The number of aryl methyl sites for hydroxylation is 1. The lowest BCUT2D eigenvalue weighted by molar-refractivity contribution is 0.122. The standard InChI is InChI=1S/C9H15N3O2/c1-6-7(3-11-12-6)2-10-8-4-14-5-9(8)13/h3,8-10,13H,2,4-5H2,1H3,(H,11,12)/t8-,9-/m1/s1. The van der Waals surface area contributed by atoms with Crippen LogP contribution < -0.4 is 5.32 Å². The van der Waals surface area contributed by atoms with E-state index >= 15 is 0 Å². The van der Waals surface area contributed by atoms with Gasteiger partial charge in [-0.3, -0.25) is 5.10 Å². The largest absolute Gasteiger partial charge is 0.389 e. The van der Waals surface area contributed by atoms with Gasteiger partial charge < -0.3 is 15.2 Å². The van der Waals surface area contributed by atoms with Gasteiger partial charge in [0.1, 0.15) is 0 Å². The van der Waals surface area contributed by atoms with Crippen LogP contribution >= 0.6 is 0 Å². The van der Waals surface area contributed by atoms with Crippen LogP contribution in [0.25, 0.3) is 0 Å². The van der Waals surface area contributed by atoms with Gasteiger partial charge in [-0.1, -0.05) is 0 Å². The maximum atomic E-state index is 9.48. The molecule has 0 aliphatic carbocycles. The molecule has 1 aromatic rings. The van der Waals surface area contributed by atoms with Crippen molar-refractivity contribution in [2.24, 2.45) is 0 Å². The van der Waals surface area contributed by atoms with Crippen LogP contribution in [0.3, 0.4) is 0 Å². The smallest absolute Gasteiger partial charge is 0.0948 e. The number of aliphatic hydroxyl groups is 1. The van der Waals surface area contributed by atoms with E-state index in [1.54, 1.807) is 6.20 Å². The lowest BCUT2D eigenvalue weighted by Gasteiger charge is -2.13. The molecule has 0 unspecified atom stereocenters. The molecule has 0 saturated carbocycles. The average Bonchev–Trinajstić information content (AvgIpc) is 2.72. The summed E-state index contributed by atoms with van der Waals surface area (Å²) >= 11 is 0. The summed E-state index contributed by atoms with van der Waals surface area (Å²) < 4.78 is 5.13. The second-order valence-corrected chi connectivity index (χ2v) is 3.61. The van der Waals surface area contributed by atoms with E-state index in [9.17, 15) is 5.11 Å². The van der Waals surface area contributed by atoms with Crippen molar-refractivity contribution in [1.29, 1.82) is 0 Å². The van der Waals surface area contributed by atoms with Crippen LogP contribution in [0.5, 0.6) is 0 Å². The van der Waals surface area contributed by atoms with Crippen LogP contribution in [0.2, 0.25) is 0 Å². The first-order valence-electron chi connectivity index (χ1n) is 4.75.